The highest BCUT2D eigenvalue weighted by Crippen LogP contribution is 2.61. The first-order chi connectivity index (χ1) is 8.22. The van der Waals surface area contributed by atoms with Gasteiger partial charge in [0.15, 0.2) is 0 Å². The summed E-state index contributed by atoms with van der Waals surface area (Å²) in [4.78, 5) is 1.55. The molecule has 0 saturated heterocycles. The van der Waals surface area contributed by atoms with Crippen molar-refractivity contribution >= 4 is 27.3 Å². The van der Waals surface area contributed by atoms with E-state index in [0.717, 1.165) is 18.4 Å². The van der Waals surface area contributed by atoms with Gasteiger partial charge >= 0.3 is 0 Å². The van der Waals surface area contributed by atoms with Gasteiger partial charge in [0.05, 0.1) is 0 Å². The summed E-state index contributed by atoms with van der Waals surface area (Å²) >= 11 is 5.59. The highest BCUT2D eigenvalue weighted by molar-refractivity contribution is 9.10. The Bertz CT molecular complexity index is 391. The van der Waals surface area contributed by atoms with E-state index in [0.29, 0.717) is 5.41 Å². The van der Waals surface area contributed by atoms with Crippen LogP contribution in [0.15, 0.2) is 15.9 Å². The predicted molar refractivity (Wildman–Crippen MR) is 77.5 cm³/mol. The molecule has 1 heterocycles. The zero-order valence-electron chi connectivity index (χ0n) is 10.3. The summed E-state index contributed by atoms with van der Waals surface area (Å²) in [6.45, 7) is 4.52. The highest BCUT2D eigenvalue weighted by Gasteiger charge is 2.53. The largest absolute Gasteiger partial charge is 0.316 e. The SMILES string of the molecule is CCNCC1(Cc2sccc2Br)CC2CC2C1. The Labute approximate surface area is 116 Å². The second-order valence-corrected chi connectivity index (χ2v) is 7.67. The number of nitrogens with one attached hydrogen (secondary N) is 1. The third-order valence-corrected chi connectivity index (χ3v) is 6.36. The molecule has 94 valence electrons. The smallest absolute Gasteiger partial charge is 0.0314 e. The van der Waals surface area contributed by atoms with Gasteiger partial charge in [0.2, 0.25) is 0 Å². The van der Waals surface area contributed by atoms with E-state index in [1.807, 2.05) is 11.3 Å². The van der Waals surface area contributed by atoms with Gasteiger partial charge in [-0.25, -0.2) is 0 Å². The van der Waals surface area contributed by atoms with Crippen molar-refractivity contribution in [3.8, 4) is 0 Å². The van der Waals surface area contributed by atoms with Crippen molar-refractivity contribution in [1.29, 1.82) is 0 Å². The molecule has 2 aliphatic carbocycles. The second kappa shape index (κ2) is 4.67. The lowest BCUT2D eigenvalue weighted by atomic mass is 9.79. The molecule has 0 radical (unpaired) electrons. The van der Waals surface area contributed by atoms with Gasteiger partial charge in [-0.05, 0) is 76.9 Å². The fourth-order valence-electron chi connectivity index (χ4n) is 3.54. The van der Waals surface area contributed by atoms with Gasteiger partial charge < -0.3 is 5.32 Å². The third-order valence-electron chi connectivity index (χ3n) is 4.44. The van der Waals surface area contributed by atoms with Crippen LogP contribution in [0.4, 0.5) is 0 Å². The van der Waals surface area contributed by atoms with Gasteiger partial charge in [0.1, 0.15) is 0 Å². The van der Waals surface area contributed by atoms with Crippen molar-refractivity contribution in [1.82, 2.24) is 5.32 Å². The second-order valence-electron chi connectivity index (χ2n) is 5.81. The standard InChI is InChI=1S/C14H20BrNS/c1-2-16-9-14(6-10-5-11(10)7-14)8-13-12(15)3-4-17-13/h3-4,10-11,16H,2,5-9H2,1H3. The van der Waals surface area contributed by atoms with Crippen LogP contribution in [0.1, 0.15) is 31.1 Å². The molecule has 0 aliphatic heterocycles. The maximum absolute atomic E-state index is 3.68. The summed E-state index contributed by atoms with van der Waals surface area (Å²) in [6, 6.07) is 2.19. The fourth-order valence-corrected chi connectivity index (χ4v) is 5.21. The van der Waals surface area contributed by atoms with Crippen LogP contribution < -0.4 is 5.32 Å². The number of halogens is 1. The molecular weight excluding hydrogens is 294 g/mol. The van der Waals surface area contributed by atoms with Gasteiger partial charge in [-0.1, -0.05) is 6.92 Å². The highest BCUT2D eigenvalue weighted by atomic mass is 79.9. The van der Waals surface area contributed by atoms with Crippen LogP contribution in [0.5, 0.6) is 0 Å². The number of thiophene rings is 1. The Morgan fingerprint density at radius 1 is 1.47 bits per heavy atom. The molecule has 2 aliphatic rings. The summed E-state index contributed by atoms with van der Waals surface area (Å²) in [5, 5.41) is 5.80. The lowest BCUT2D eigenvalue weighted by Crippen LogP contribution is -2.35. The molecule has 3 heteroatoms. The summed E-state index contributed by atoms with van der Waals surface area (Å²) in [5.74, 6) is 2.12. The van der Waals surface area contributed by atoms with Crippen LogP contribution >= 0.6 is 27.3 Å². The first kappa shape index (κ1) is 12.2. The van der Waals surface area contributed by atoms with Crippen molar-refractivity contribution in [2.24, 2.45) is 17.3 Å². The van der Waals surface area contributed by atoms with Gasteiger partial charge in [-0.2, -0.15) is 0 Å². The van der Waals surface area contributed by atoms with Crippen molar-refractivity contribution in [3.05, 3.63) is 20.8 Å². The van der Waals surface area contributed by atoms with Crippen molar-refractivity contribution < 1.29 is 0 Å². The molecule has 0 bridgehead atoms. The minimum atomic E-state index is 0.553. The Hall–Kier alpha value is 0.140. The van der Waals surface area contributed by atoms with E-state index in [1.54, 1.807) is 4.88 Å². The molecule has 3 rings (SSSR count). The summed E-state index contributed by atoms with van der Waals surface area (Å²) in [5.41, 5.74) is 0.553. The summed E-state index contributed by atoms with van der Waals surface area (Å²) < 4.78 is 1.32. The molecule has 1 aromatic rings. The molecule has 2 atom stereocenters. The van der Waals surface area contributed by atoms with E-state index in [-0.39, 0.29) is 0 Å². The Morgan fingerprint density at radius 3 is 2.82 bits per heavy atom. The molecular formula is C14H20BrNS. The van der Waals surface area contributed by atoms with E-state index in [9.17, 15) is 0 Å². The Morgan fingerprint density at radius 2 is 2.24 bits per heavy atom. The van der Waals surface area contributed by atoms with Crippen LogP contribution in [0, 0.1) is 17.3 Å². The van der Waals surface area contributed by atoms with Gasteiger partial charge in [-0.15, -0.1) is 11.3 Å². The van der Waals surface area contributed by atoms with E-state index in [4.69, 9.17) is 0 Å². The van der Waals surface area contributed by atoms with Gasteiger partial charge in [-0.3, -0.25) is 0 Å². The van der Waals surface area contributed by atoms with Crippen LogP contribution in [0.2, 0.25) is 0 Å². The van der Waals surface area contributed by atoms with Gasteiger partial charge in [0.25, 0.3) is 0 Å². The molecule has 1 aromatic heterocycles. The van der Waals surface area contributed by atoms with Crippen molar-refractivity contribution in [3.63, 3.8) is 0 Å². The molecule has 2 unspecified atom stereocenters. The summed E-state index contributed by atoms with van der Waals surface area (Å²) in [7, 11) is 0. The number of rotatable bonds is 5. The Balaban J connectivity index is 1.73. The molecule has 2 saturated carbocycles. The molecule has 1 nitrogen and oxygen atoms in total. The van der Waals surface area contributed by atoms with Crippen molar-refractivity contribution in [2.75, 3.05) is 13.1 Å². The first-order valence-electron chi connectivity index (χ1n) is 6.65. The lowest BCUT2D eigenvalue weighted by molar-refractivity contribution is 0.252. The predicted octanol–water partition coefficient (Wildman–Crippen LogP) is 4.08. The summed E-state index contributed by atoms with van der Waals surface area (Å²) in [6.07, 6.45) is 5.69. The first-order valence-corrected chi connectivity index (χ1v) is 8.32. The number of hydrogen-bond donors (Lipinski definition) is 1. The van der Waals surface area contributed by atoms with E-state index >= 15 is 0 Å². The van der Waals surface area contributed by atoms with E-state index in [2.05, 4.69) is 39.6 Å². The van der Waals surface area contributed by atoms with E-state index < -0.39 is 0 Å². The fraction of sp³-hybridized carbons (Fsp3) is 0.714. The van der Waals surface area contributed by atoms with Crippen LogP contribution in [0.25, 0.3) is 0 Å². The lowest BCUT2D eigenvalue weighted by Gasteiger charge is -2.31. The van der Waals surface area contributed by atoms with Crippen molar-refractivity contribution in [2.45, 2.75) is 32.6 Å². The van der Waals surface area contributed by atoms with E-state index in [1.165, 1.54) is 36.7 Å². The molecule has 17 heavy (non-hydrogen) atoms. The molecule has 2 fully saturated rings. The minimum Gasteiger partial charge on any atom is -0.316 e. The quantitative estimate of drug-likeness (QED) is 0.863. The third kappa shape index (κ3) is 2.47. The molecule has 0 aromatic carbocycles. The molecule has 0 amide bonds. The molecule has 0 spiro atoms. The monoisotopic (exact) mass is 313 g/mol. The average Bonchev–Trinajstić information content (AvgIpc) is 2.73. The van der Waals surface area contributed by atoms with Crippen LogP contribution in [-0.4, -0.2) is 13.1 Å². The minimum absolute atomic E-state index is 0.553. The number of hydrogen-bond acceptors (Lipinski definition) is 2. The average molecular weight is 314 g/mol. The van der Waals surface area contributed by atoms with Crippen LogP contribution in [0.3, 0.4) is 0 Å². The number of fused-ring (bicyclic) bond motifs is 1. The zero-order valence-corrected chi connectivity index (χ0v) is 12.7. The Kier molecular flexibility index (Phi) is 3.35. The zero-order chi connectivity index (χ0) is 11.9. The molecule has 1 N–H and O–H groups in total. The van der Waals surface area contributed by atoms with Gasteiger partial charge in [0, 0.05) is 15.9 Å². The normalized spacial score (nSPS) is 34.9. The maximum Gasteiger partial charge on any atom is 0.0314 e. The topological polar surface area (TPSA) is 12.0 Å². The maximum atomic E-state index is 3.68. The van der Waals surface area contributed by atoms with Crippen LogP contribution in [-0.2, 0) is 6.42 Å².